The summed E-state index contributed by atoms with van der Waals surface area (Å²) in [5.41, 5.74) is 0. The van der Waals surface area contributed by atoms with Crippen LogP contribution >= 0.6 is 0 Å². The second-order valence-corrected chi connectivity index (χ2v) is 4.85. The third-order valence-electron chi connectivity index (χ3n) is 2.74. The van der Waals surface area contributed by atoms with Crippen LogP contribution in [-0.2, 0) is 0 Å². The summed E-state index contributed by atoms with van der Waals surface area (Å²) < 4.78 is 0. The molecule has 1 atom stereocenters. The zero-order valence-electron chi connectivity index (χ0n) is 10.6. The van der Waals surface area contributed by atoms with Gasteiger partial charge in [-0.1, -0.05) is 59.8 Å². The van der Waals surface area contributed by atoms with E-state index in [1.807, 2.05) is 0 Å². The number of hydrogen-bond donors (Lipinski definition) is 1. The average Bonchev–Trinajstić information content (AvgIpc) is 2.12. The van der Waals surface area contributed by atoms with E-state index in [9.17, 15) is 0 Å². The first-order valence-electron chi connectivity index (χ1n) is 6.40. The van der Waals surface area contributed by atoms with Gasteiger partial charge in [0.1, 0.15) is 0 Å². The van der Waals surface area contributed by atoms with Crippen LogP contribution in [0, 0.1) is 5.92 Å². The number of nitrogens with one attached hydrogen (secondary N) is 1. The molecule has 0 saturated carbocycles. The highest BCUT2D eigenvalue weighted by molar-refractivity contribution is 4.58. The van der Waals surface area contributed by atoms with Gasteiger partial charge in [-0.25, -0.2) is 0 Å². The largest absolute Gasteiger partial charge is 0.315 e. The lowest BCUT2D eigenvalue weighted by atomic mass is 9.99. The molecule has 0 saturated heterocycles. The first-order valence-corrected chi connectivity index (χ1v) is 6.40. The molecule has 0 amide bonds. The van der Waals surface area contributed by atoms with Crippen molar-refractivity contribution in [2.45, 2.75) is 72.3 Å². The van der Waals surface area contributed by atoms with E-state index in [4.69, 9.17) is 0 Å². The third kappa shape index (κ3) is 10.0. The lowest BCUT2D eigenvalue weighted by molar-refractivity contribution is 0.433. The van der Waals surface area contributed by atoms with Crippen molar-refractivity contribution in [3.63, 3.8) is 0 Å². The smallest absolute Gasteiger partial charge is 0.00103 e. The van der Waals surface area contributed by atoms with E-state index >= 15 is 0 Å². The first kappa shape index (κ1) is 14.0. The van der Waals surface area contributed by atoms with Crippen LogP contribution in [0.1, 0.15) is 66.2 Å². The molecular formula is C13H29N. The fourth-order valence-electron chi connectivity index (χ4n) is 1.68. The monoisotopic (exact) mass is 199 g/mol. The molecule has 0 bridgehead atoms. The highest BCUT2D eigenvalue weighted by atomic mass is 14.9. The molecule has 0 aromatic rings. The van der Waals surface area contributed by atoms with E-state index in [2.05, 4.69) is 33.0 Å². The van der Waals surface area contributed by atoms with Gasteiger partial charge in [-0.15, -0.1) is 0 Å². The predicted octanol–water partition coefficient (Wildman–Crippen LogP) is 3.98. The topological polar surface area (TPSA) is 12.0 Å². The molecule has 0 spiro atoms. The van der Waals surface area contributed by atoms with Crippen LogP contribution in [0.3, 0.4) is 0 Å². The molecule has 1 heteroatoms. The summed E-state index contributed by atoms with van der Waals surface area (Å²) in [4.78, 5) is 0. The van der Waals surface area contributed by atoms with Crippen LogP contribution in [0.25, 0.3) is 0 Å². The molecule has 0 fully saturated rings. The Balaban J connectivity index is 3.15. The van der Waals surface area contributed by atoms with Crippen molar-refractivity contribution in [2.75, 3.05) is 6.54 Å². The van der Waals surface area contributed by atoms with Crippen molar-refractivity contribution in [2.24, 2.45) is 5.92 Å². The molecule has 0 radical (unpaired) electrons. The maximum absolute atomic E-state index is 3.48. The summed E-state index contributed by atoms with van der Waals surface area (Å²) in [6.07, 6.45) is 8.37. The zero-order valence-corrected chi connectivity index (χ0v) is 10.6. The summed E-state index contributed by atoms with van der Waals surface area (Å²) in [7, 11) is 0. The van der Waals surface area contributed by atoms with Gasteiger partial charge < -0.3 is 5.32 Å². The maximum atomic E-state index is 3.48. The summed E-state index contributed by atoms with van der Waals surface area (Å²) in [5.74, 6) is 0.901. The van der Waals surface area contributed by atoms with Crippen molar-refractivity contribution >= 4 is 0 Å². The van der Waals surface area contributed by atoms with E-state index in [1.54, 1.807) is 0 Å². The Kier molecular flexibility index (Phi) is 9.49. The van der Waals surface area contributed by atoms with E-state index in [1.165, 1.54) is 45.1 Å². The highest BCUT2D eigenvalue weighted by Gasteiger charge is 2.01. The van der Waals surface area contributed by atoms with Crippen LogP contribution in [0.4, 0.5) is 0 Å². The van der Waals surface area contributed by atoms with Gasteiger partial charge in [0.25, 0.3) is 0 Å². The van der Waals surface area contributed by atoms with E-state index in [0.29, 0.717) is 6.04 Å². The van der Waals surface area contributed by atoms with E-state index in [0.717, 1.165) is 5.92 Å². The number of unbranched alkanes of at least 4 members (excludes halogenated alkanes) is 3. The van der Waals surface area contributed by atoms with Gasteiger partial charge in [0.15, 0.2) is 0 Å². The Labute approximate surface area is 90.7 Å². The number of hydrogen-bond acceptors (Lipinski definition) is 1. The maximum Gasteiger partial charge on any atom is 0.00103 e. The summed E-state index contributed by atoms with van der Waals surface area (Å²) in [6.45, 7) is 10.3. The zero-order chi connectivity index (χ0) is 10.8. The quantitative estimate of drug-likeness (QED) is 0.554. The molecule has 1 unspecified atom stereocenters. The minimum absolute atomic E-state index is 0.641. The fraction of sp³-hybridized carbons (Fsp3) is 1.00. The van der Waals surface area contributed by atoms with E-state index < -0.39 is 0 Å². The molecule has 0 aromatic heterocycles. The molecule has 0 aliphatic rings. The standard InChI is InChI=1S/C13H29N/c1-5-6-7-8-9-13(4)10-11-14-12(2)3/h12-14H,5-11H2,1-4H3. The minimum Gasteiger partial charge on any atom is -0.315 e. The second-order valence-electron chi connectivity index (χ2n) is 4.85. The van der Waals surface area contributed by atoms with Gasteiger partial charge in [-0.2, -0.15) is 0 Å². The van der Waals surface area contributed by atoms with E-state index in [-0.39, 0.29) is 0 Å². The normalized spacial score (nSPS) is 13.5. The molecule has 0 aromatic carbocycles. The predicted molar refractivity (Wildman–Crippen MR) is 65.7 cm³/mol. The van der Waals surface area contributed by atoms with Crippen molar-refractivity contribution in [3.05, 3.63) is 0 Å². The molecule has 86 valence electrons. The van der Waals surface area contributed by atoms with Crippen molar-refractivity contribution in [1.29, 1.82) is 0 Å². The Bertz CT molecular complexity index is 110. The van der Waals surface area contributed by atoms with Crippen molar-refractivity contribution < 1.29 is 0 Å². The third-order valence-corrected chi connectivity index (χ3v) is 2.74. The van der Waals surface area contributed by atoms with Gasteiger partial charge >= 0.3 is 0 Å². The number of rotatable bonds is 9. The highest BCUT2D eigenvalue weighted by Crippen LogP contribution is 2.12. The lowest BCUT2D eigenvalue weighted by Gasteiger charge is -2.13. The molecule has 0 rings (SSSR count). The van der Waals surface area contributed by atoms with Gasteiger partial charge in [0, 0.05) is 6.04 Å². The molecule has 0 aliphatic carbocycles. The summed E-state index contributed by atoms with van der Waals surface area (Å²) in [5, 5.41) is 3.48. The minimum atomic E-state index is 0.641. The van der Waals surface area contributed by atoms with Gasteiger partial charge in [-0.3, -0.25) is 0 Å². The lowest BCUT2D eigenvalue weighted by Crippen LogP contribution is -2.24. The average molecular weight is 199 g/mol. The Hall–Kier alpha value is -0.0400. The summed E-state index contributed by atoms with van der Waals surface area (Å²) >= 11 is 0. The Morgan fingerprint density at radius 1 is 0.929 bits per heavy atom. The van der Waals surface area contributed by atoms with Gasteiger partial charge in [0.05, 0.1) is 0 Å². The molecule has 0 heterocycles. The van der Waals surface area contributed by atoms with Crippen molar-refractivity contribution in [1.82, 2.24) is 5.32 Å². The van der Waals surface area contributed by atoms with Crippen LogP contribution in [-0.4, -0.2) is 12.6 Å². The molecule has 1 N–H and O–H groups in total. The molecule has 0 aliphatic heterocycles. The molecule has 1 nitrogen and oxygen atoms in total. The van der Waals surface area contributed by atoms with Gasteiger partial charge in [-0.05, 0) is 18.9 Å². The fourth-order valence-corrected chi connectivity index (χ4v) is 1.68. The van der Waals surface area contributed by atoms with Crippen LogP contribution in [0.2, 0.25) is 0 Å². The second kappa shape index (κ2) is 9.51. The summed E-state index contributed by atoms with van der Waals surface area (Å²) in [6, 6.07) is 0.641. The Morgan fingerprint density at radius 3 is 2.21 bits per heavy atom. The van der Waals surface area contributed by atoms with Crippen LogP contribution < -0.4 is 5.32 Å². The van der Waals surface area contributed by atoms with Crippen molar-refractivity contribution in [3.8, 4) is 0 Å². The molecular weight excluding hydrogens is 170 g/mol. The molecule has 14 heavy (non-hydrogen) atoms. The van der Waals surface area contributed by atoms with Gasteiger partial charge in [0.2, 0.25) is 0 Å². The Morgan fingerprint density at radius 2 is 1.64 bits per heavy atom. The van der Waals surface area contributed by atoms with Crippen LogP contribution in [0.5, 0.6) is 0 Å². The first-order chi connectivity index (χ1) is 6.66. The van der Waals surface area contributed by atoms with Crippen LogP contribution in [0.15, 0.2) is 0 Å². The SMILES string of the molecule is CCCCCCC(C)CCNC(C)C.